The molecule has 0 aliphatic carbocycles. The van der Waals surface area contributed by atoms with Gasteiger partial charge in [-0.2, -0.15) is 12.7 Å². The first-order valence-electron chi connectivity index (χ1n) is 9.29. The molecule has 0 unspecified atom stereocenters. The second-order valence-electron chi connectivity index (χ2n) is 6.96. The predicted molar refractivity (Wildman–Crippen MR) is 111 cm³/mol. The average molecular weight is 440 g/mol. The van der Waals surface area contributed by atoms with E-state index in [-0.39, 0.29) is 19.0 Å². The molecule has 1 aliphatic rings. The third kappa shape index (κ3) is 5.07. The molecule has 0 bridgehead atoms. The standard InChI is InChI=1S/C20H23ClFN3O3S/c1-24(18-10-8-17(22)9-11-18)29(27,28)25-12-4-6-16(14-25)20(26)23-13-15-5-2-3-7-19(15)21/h2-3,5,7-11,16H,4,6,12-14H2,1H3,(H,23,26)/t16-/m0/s1. The van der Waals surface area contributed by atoms with Gasteiger partial charge in [-0.05, 0) is 48.7 Å². The van der Waals surface area contributed by atoms with E-state index in [0.717, 1.165) is 9.87 Å². The van der Waals surface area contributed by atoms with Crippen LogP contribution in [-0.4, -0.2) is 38.8 Å². The van der Waals surface area contributed by atoms with Crippen molar-refractivity contribution >= 4 is 33.4 Å². The number of rotatable bonds is 6. The zero-order valence-electron chi connectivity index (χ0n) is 16.0. The van der Waals surface area contributed by atoms with Crippen molar-refractivity contribution in [1.29, 1.82) is 0 Å². The maximum absolute atomic E-state index is 13.1. The van der Waals surface area contributed by atoms with Crippen LogP contribution in [0.2, 0.25) is 5.02 Å². The summed E-state index contributed by atoms with van der Waals surface area (Å²) in [5.74, 6) is -1.08. The van der Waals surface area contributed by atoms with Crippen LogP contribution in [0, 0.1) is 11.7 Å². The summed E-state index contributed by atoms with van der Waals surface area (Å²) in [6.45, 7) is 0.724. The molecular weight excluding hydrogens is 417 g/mol. The smallest absolute Gasteiger partial charge is 0.303 e. The van der Waals surface area contributed by atoms with Crippen molar-refractivity contribution < 1.29 is 17.6 Å². The van der Waals surface area contributed by atoms with Crippen molar-refractivity contribution in [2.75, 3.05) is 24.4 Å². The van der Waals surface area contributed by atoms with Crippen LogP contribution in [0.15, 0.2) is 48.5 Å². The van der Waals surface area contributed by atoms with Gasteiger partial charge in [-0.3, -0.25) is 9.10 Å². The maximum Gasteiger partial charge on any atom is 0.303 e. The third-order valence-electron chi connectivity index (χ3n) is 5.03. The number of nitrogens with zero attached hydrogens (tertiary/aromatic N) is 2. The monoisotopic (exact) mass is 439 g/mol. The van der Waals surface area contributed by atoms with Crippen molar-refractivity contribution in [2.45, 2.75) is 19.4 Å². The van der Waals surface area contributed by atoms with E-state index in [2.05, 4.69) is 5.32 Å². The summed E-state index contributed by atoms with van der Waals surface area (Å²) in [4.78, 5) is 12.6. The van der Waals surface area contributed by atoms with E-state index >= 15 is 0 Å². The fourth-order valence-corrected chi connectivity index (χ4v) is 4.96. The Morgan fingerprint density at radius 1 is 1.24 bits per heavy atom. The van der Waals surface area contributed by atoms with Gasteiger partial charge in [0.1, 0.15) is 5.82 Å². The third-order valence-corrected chi connectivity index (χ3v) is 7.28. The molecule has 1 aliphatic heterocycles. The summed E-state index contributed by atoms with van der Waals surface area (Å²) in [6.07, 6.45) is 1.20. The number of amides is 1. The van der Waals surface area contributed by atoms with Crippen LogP contribution in [0.1, 0.15) is 18.4 Å². The maximum atomic E-state index is 13.1. The average Bonchev–Trinajstić information content (AvgIpc) is 2.73. The van der Waals surface area contributed by atoms with E-state index in [0.29, 0.717) is 30.1 Å². The molecular formula is C20H23ClFN3O3S. The van der Waals surface area contributed by atoms with Crippen LogP contribution in [-0.2, 0) is 21.5 Å². The van der Waals surface area contributed by atoms with E-state index in [1.54, 1.807) is 6.07 Å². The second kappa shape index (κ2) is 9.11. The van der Waals surface area contributed by atoms with Crippen LogP contribution < -0.4 is 9.62 Å². The lowest BCUT2D eigenvalue weighted by Crippen LogP contribution is -2.49. The van der Waals surface area contributed by atoms with Gasteiger partial charge in [-0.25, -0.2) is 4.39 Å². The Morgan fingerprint density at radius 3 is 2.62 bits per heavy atom. The van der Waals surface area contributed by atoms with Gasteiger partial charge in [0.2, 0.25) is 5.91 Å². The van der Waals surface area contributed by atoms with E-state index in [1.165, 1.54) is 35.6 Å². The van der Waals surface area contributed by atoms with Gasteiger partial charge in [0.25, 0.3) is 0 Å². The second-order valence-corrected chi connectivity index (χ2v) is 9.33. The molecule has 1 heterocycles. The van der Waals surface area contributed by atoms with Crippen LogP contribution in [0.3, 0.4) is 0 Å². The highest BCUT2D eigenvalue weighted by Crippen LogP contribution is 2.25. The molecule has 0 radical (unpaired) electrons. The SMILES string of the molecule is CN(c1ccc(F)cc1)S(=O)(=O)N1CCC[C@H](C(=O)NCc2ccccc2Cl)C1. The highest BCUT2D eigenvalue weighted by Gasteiger charge is 2.34. The molecule has 29 heavy (non-hydrogen) atoms. The van der Waals surface area contributed by atoms with E-state index < -0.39 is 21.9 Å². The minimum Gasteiger partial charge on any atom is -0.352 e. The number of hydrogen-bond acceptors (Lipinski definition) is 3. The number of piperidine rings is 1. The molecule has 3 rings (SSSR count). The minimum atomic E-state index is -3.83. The van der Waals surface area contributed by atoms with Crippen LogP contribution in [0.25, 0.3) is 0 Å². The van der Waals surface area contributed by atoms with Crippen molar-refractivity contribution in [1.82, 2.24) is 9.62 Å². The molecule has 9 heteroatoms. The Bertz CT molecular complexity index is 969. The van der Waals surface area contributed by atoms with Gasteiger partial charge < -0.3 is 5.32 Å². The molecule has 6 nitrogen and oxygen atoms in total. The van der Waals surface area contributed by atoms with Crippen LogP contribution >= 0.6 is 11.6 Å². The minimum absolute atomic E-state index is 0.0994. The van der Waals surface area contributed by atoms with Gasteiger partial charge in [0.15, 0.2) is 0 Å². The lowest BCUT2D eigenvalue weighted by atomic mass is 9.99. The zero-order valence-corrected chi connectivity index (χ0v) is 17.6. The Labute approximate surface area is 175 Å². The molecule has 1 fully saturated rings. The molecule has 0 spiro atoms. The molecule has 0 saturated carbocycles. The van der Waals surface area contributed by atoms with E-state index in [1.807, 2.05) is 18.2 Å². The summed E-state index contributed by atoms with van der Waals surface area (Å²) in [7, 11) is -2.40. The number of carbonyl (C=O) groups is 1. The number of anilines is 1. The summed E-state index contributed by atoms with van der Waals surface area (Å²) >= 11 is 6.11. The van der Waals surface area contributed by atoms with Crippen molar-refractivity contribution in [3.63, 3.8) is 0 Å². The van der Waals surface area contributed by atoms with Gasteiger partial charge in [0.05, 0.1) is 11.6 Å². The number of nitrogens with one attached hydrogen (secondary N) is 1. The number of benzene rings is 2. The highest BCUT2D eigenvalue weighted by atomic mass is 35.5. The molecule has 2 aromatic rings. The molecule has 2 aromatic carbocycles. The van der Waals surface area contributed by atoms with Crippen molar-refractivity contribution in [2.24, 2.45) is 5.92 Å². The Hall–Kier alpha value is -2.16. The van der Waals surface area contributed by atoms with E-state index in [9.17, 15) is 17.6 Å². The largest absolute Gasteiger partial charge is 0.352 e. The first-order chi connectivity index (χ1) is 13.8. The fourth-order valence-electron chi connectivity index (χ4n) is 3.29. The zero-order chi connectivity index (χ0) is 21.0. The number of hydrogen-bond donors (Lipinski definition) is 1. The van der Waals surface area contributed by atoms with Gasteiger partial charge in [-0.1, -0.05) is 29.8 Å². The Balaban J connectivity index is 1.65. The molecule has 1 N–H and O–H groups in total. The first-order valence-corrected chi connectivity index (χ1v) is 11.1. The van der Waals surface area contributed by atoms with Gasteiger partial charge >= 0.3 is 10.2 Å². The Kier molecular flexibility index (Phi) is 6.77. The first kappa shape index (κ1) is 21.5. The van der Waals surface area contributed by atoms with Crippen LogP contribution in [0.4, 0.5) is 10.1 Å². The molecule has 156 valence electrons. The number of carbonyl (C=O) groups excluding carboxylic acids is 1. The predicted octanol–water partition coefficient (Wildman–Crippen LogP) is 3.19. The molecule has 1 atom stereocenters. The summed E-state index contributed by atoms with van der Waals surface area (Å²) in [5.41, 5.74) is 1.16. The normalized spacial score (nSPS) is 17.7. The van der Waals surface area contributed by atoms with Gasteiger partial charge in [0, 0.05) is 31.7 Å². The molecule has 0 aromatic heterocycles. The number of halogens is 2. The van der Waals surface area contributed by atoms with Gasteiger partial charge in [-0.15, -0.1) is 0 Å². The summed E-state index contributed by atoms with van der Waals surface area (Å²) in [5, 5.41) is 3.42. The van der Waals surface area contributed by atoms with Crippen molar-refractivity contribution in [3.05, 3.63) is 64.9 Å². The quantitative estimate of drug-likeness (QED) is 0.751. The Morgan fingerprint density at radius 2 is 1.93 bits per heavy atom. The topological polar surface area (TPSA) is 69.7 Å². The molecule has 1 amide bonds. The lowest BCUT2D eigenvalue weighted by Gasteiger charge is -2.34. The summed E-state index contributed by atoms with van der Waals surface area (Å²) in [6, 6.07) is 12.5. The fraction of sp³-hybridized carbons (Fsp3) is 0.350. The van der Waals surface area contributed by atoms with Crippen LogP contribution in [0.5, 0.6) is 0 Å². The highest BCUT2D eigenvalue weighted by molar-refractivity contribution is 7.90. The van der Waals surface area contributed by atoms with Crippen molar-refractivity contribution in [3.8, 4) is 0 Å². The van der Waals surface area contributed by atoms with E-state index in [4.69, 9.17) is 11.6 Å². The molecule has 1 saturated heterocycles. The lowest BCUT2D eigenvalue weighted by molar-refractivity contribution is -0.126. The summed E-state index contributed by atoms with van der Waals surface area (Å²) < 4.78 is 41.5.